The number of amides is 2. The van der Waals surface area contributed by atoms with Crippen molar-refractivity contribution in [2.24, 2.45) is 0 Å². The van der Waals surface area contributed by atoms with Crippen LogP contribution in [0.3, 0.4) is 0 Å². The Balaban J connectivity index is 2.12. The van der Waals surface area contributed by atoms with E-state index in [2.05, 4.69) is 15.3 Å². The van der Waals surface area contributed by atoms with Gasteiger partial charge in [0.15, 0.2) is 0 Å². The van der Waals surface area contributed by atoms with Gasteiger partial charge in [-0.2, -0.15) is 4.98 Å². The molecule has 1 saturated heterocycles. The zero-order valence-electron chi connectivity index (χ0n) is 10.6. The molecule has 1 aromatic rings. The number of hydrogen-bond acceptors (Lipinski definition) is 6. The zero-order valence-corrected chi connectivity index (χ0v) is 10.6. The van der Waals surface area contributed by atoms with E-state index < -0.39 is 0 Å². The molecule has 7 nitrogen and oxygen atoms in total. The maximum Gasteiger partial charge on any atom is 0.246 e. The zero-order chi connectivity index (χ0) is 13.7. The van der Waals surface area contributed by atoms with Gasteiger partial charge in [-0.15, -0.1) is 0 Å². The predicted octanol–water partition coefficient (Wildman–Crippen LogP) is 0.0820. The van der Waals surface area contributed by atoms with Gasteiger partial charge in [0, 0.05) is 19.2 Å². The van der Waals surface area contributed by atoms with Crippen molar-refractivity contribution in [3.05, 3.63) is 12.3 Å². The number of aromatic nitrogens is 2. The van der Waals surface area contributed by atoms with Crippen LogP contribution in [0.25, 0.3) is 0 Å². The summed E-state index contributed by atoms with van der Waals surface area (Å²) in [5.74, 6) is 0.250. The van der Waals surface area contributed by atoms with Gasteiger partial charge in [-0.3, -0.25) is 14.9 Å². The molecule has 3 N–H and O–H groups in total. The van der Waals surface area contributed by atoms with E-state index >= 15 is 0 Å². The summed E-state index contributed by atoms with van der Waals surface area (Å²) in [7, 11) is 0. The smallest absolute Gasteiger partial charge is 0.246 e. The van der Waals surface area contributed by atoms with Gasteiger partial charge in [0.1, 0.15) is 5.82 Å². The Hall–Kier alpha value is -2.18. The molecule has 0 aromatic carbocycles. The normalized spacial score (nSPS) is 18.0. The molecule has 102 valence electrons. The highest BCUT2D eigenvalue weighted by molar-refractivity contribution is 5.97. The third-order valence-corrected chi connectivity index (χ3v) is 2.93. The molecular formula is C12H17N5O2. The quantitative estimate of drug-likeness (QED) is 0.696. The van der Waals surface area contributed by atoms with Gasteiger partial charge in [0.2, 0.25) is 17.8 Å². The minimum Gasteiger partial charge on any atom is -0.368 e. The molecule has 2 rings (SSSR count). The van der Waals surface area contributed by atoms with E-state index in [1.807, 2.05) is 4.90 Å². The Labute approximate surface area is 111 Å². The topological polar surface area (TPSA) is 101 Å². The van der Waals surface area contributed by atoms with E-state index in [0.29, 0.717) is 18.8 Å². The lowest BCUT2D eigenvalue weighted by Crippen LogP contribution is -2.41. The molecule has 0 bridgehead atoms. The van der Waals surface area contributed by atoms with Crippen LogP contribution in [0.2, 0.25) is 0 Å². The van der Waals surface area contributed by atoms with Gasteiger partial charge < -0.3 is 10.6 Å². The van der Waals surface area contributed by atoms with Crippen LogP contribution in [-0.4, -0.2) is 34.9 Å². The number of anilines is 2. The van der Waals surface area contributed by atoms with E-state index in [1.54, 1.807) is 12.3 Å². The minimum absolute atomic E-state index is 0.0994. The summed E-state index contributed by atoms with van der Waals surface area (Å²) in [6.45, 7) is 0.806. The second-order valence-electron chi connectivity index (χ2n) is 4.48. The monoisotopic (exact) mass is 263 g/mol. The number of nitrogen functional groups attached to an aromatic ring is 1. The van der Waals surface area contributed by atoms with Crippen molar-refractivity contribution in [3.63, 3.8) is 0 Å². The minimum atomic E-state index is -0.316. The highest BCUT2D eigenvalue weighted by Crippen LogP contribution is 2.13. The Morgan fingerprint density at radius 3 is 2.84 bits per heavy atom. The molecule has 1 aliphatic rings. The number of nitrogens with one attached hydrogen (secondary N) is 1. The van der Waals surface area contributed by atoms with Gasteiger partial charge in [0.25, 0.3) is 0 Å². The largest absolute Gasteiger partial charge is 0.368 e. The standard InChI is InChI=1S/C12H17N5O2/c13-12-14-6-5-9(15-12)17-7-3-1-2-4-10(18)16-11(19)8-17/h5-6H,1-4,7-8H2,(H2,13,14,15)(H,16,18,19). The third kappa shape index (κ3) is 3.90. The highest BCUT2D eigenvalue weighted by Gasteiger charge is 2.16. The number of nitrogens with two attached hydrogens (primary N) is 1. The van der Waals surface area contributed by atoms with Crippen LogP contribution in [-0.2, 0) is 9.59 Å². The molecule has 0 unspecified atom stereocenters. The summed E-state index contributed by atoms with van der Waals surface area (Å²) in [5, 5.41) is 2.37. The fourth-order valence-corrected chi connectivity index (χ4v) is 2.01. The van der Waals surface area contributed by atoms with Crippen molar-refractivity contribution in [3.8, 4) is 0 Å². The second kappa shape index (κ2) is 6.12. The van der Waals surface area contributed by atoms with Crippen molar-refractivity contribution in [1.29, 1.82) is 0 Å². The first-order valence-corrected chi connectivity index (χ1v) is 6.31. The van der Waals surface area contributed by atoms with Gasteiger partial charge >= 0.3 is 0 Å². The van der Waals surface area contributed by atoms with Crippen LogP contribution in [0.5, 0.6) is 0 Å². The van der Waals surface area contributed by atoms with E-state index in [9.17, 15) is 9.59 Å². The van der Waals surface area contributed by atoms with Crippen LogP contribution >= 0.6 is 0 Å². The fraction of sp³-hybridized carbons (Fsp3) is 0.500. The third-order valence-electron chi connectivity index (χ3n) is 2.93. The molecule has 1 aromatic heterocycles. The summed E-state index contributed by atoms with van der Waals surface area (Å²) in [6, 6.07) is 1.71. The fourth-order valence-electron chi connectivity index (χ4n) is 2.01. The molecule has 2 heterocycles. The Kier molecular flexibility index (Phi) is 4.27. The van der Waals surface area contributed by atoms with Gasteiger partial charge in [-0.25, -0.2) is 4.98 Å². The lowest BCUT2D eigenvalue weighted by atomic mass is 10.1. The molecule has 7 heteroatoms. The van der Waals surface area contributed by atoms with Crippen LogP contribution in [0.4, 0.5) is 11.8 Å². The lowest BCUT2D eigenvalue weighted by Gasteiger charge is -2.23. The van der Waals surface area contributed by atoms with Crippen molar-refractivity contribution >= 4 is 23.6 Å². The first-order valence-electron chi connectivity index (χ1n) is 6.31. The van der Waals surface area contributed by atoms with E-state index in [1.165, 1.54) is 0 Å². The van der Waals surface area contributed by atoms with Gasteiger partial charge in [-0.05, 0) is 18.9 Å². The van der Waals surface area contributed by atoms with Crippen LogP contribution in [0.1, 0.15) is 25.7 Å². The molecule has 2 amide bonds. The Morgan fingerprint density at radius 1 is 1.21 bits per heavy atom. The summed E-state index contributed by atoms with van der Waals surface area (Å²) in [5.41, 5.74) is 5.54. The van der Waals surface area contributed by atoms with E-state index in [0.717, 1.165) is 19.3 Å². The molecule has 0 radical (unpaired) electrons. The van der Waals surface area contributed by atoms with E-state index in [4.69, 9.17) is 5.73 Å². The van der Waals surface area contributed by atoms with Crippen molar-refractivity contribution < 1.29 is 9.59 Å². The summed E-state index contributed by atoms with van der Waals surface area (Å²) in [6.07, 6.45) is 4.60. The predicted molar refractivity (Wildman–Crippen MR) is 70.3 cm³/mol. The maximum absolute atomic E-state index is 11.7. The van der Waals surface area contributed by atoms with Crippen LogP contribution in [0, 0.1) is 0 Å². The molecule has 0 atom stereocenters. The van der Waals surface area contributed by atoms with Crippen LogP contribution in [0.15, 0.2) is 12.3 Å². The summed E-state index contributed by atoms with van der Waals surface area (Å²) < 4.78 is 0. The van der Waals surface area contributed by atoms with Crippen LogP contribution < -0.4 is 16.0 Å². The van der Waals surface area contributed by atoms with Crippen molar-refractivity contribution in [1.82, 2.24) is 15.3 Å². The second-order valence-corrected chi connectivity index (χ2v) is 4.48. The molecule has 1 aliphatic heterocycles. The molecule has 0 spiro atoms. The van der Waals surface area contributed by atoms with Gasteiger partial charge in [-0.1, -0.05) is 6.42 Å². The lowest BCUT2D eigenvalue weighted by molar-refractivity contribution is -0.129. The maximum atomic E-state index is 11.7. The van der Waals surface area contributed by atoms with Crippen molar-refractivity contribution in [2.75, 3.05) is 23.7 Å². The number of carbonyl (C=O) groups excluding carboxylic acids is 2. The molecule has 19 heavy (non-hydrogen) atoms. The van der Waals surface area contributed by atoms with Gasteiger partial charge in [0.05, 0.1) is 6.54 Å². The average Bonchev–Trinajstić information content (AvgIpc) is 2.36. The number of rotatable bonds is 1. The summed E-state index contributed by atoms with van der Waals surface area (Å²) in [4.78, 5) is 32.9. The highest BCUT2D eigenvalue weighted by atomic mass is 16.2. The average molecular weight is 263 g/mol. The number of nitrogens with zero attached hydrogens (tertiary/aromatic N) is 3. The van der Waals surface area contributed by atoms with Crippen molar-refractivity contribution in [2.45, 2.75) is 25.7 Å². The first-order chi connectivity index (χ1) is 9.15. The number of hydrogen-bond donors (Lipinski definition) is 2. The molecule has 0 saturated carbocycles. The Bertz CT molecular complexity index is 477. The summed E-state index contributed by atoms with van der Waals surface area (Å²) >= 11 is 0. The number of carbonyl (C=O) groups is 2. The first kappa shape index (κ1) is 13.3. The molecule has 1 fully saturated rings. The number of imide groups is 1. The van der Waals surface area contributed by atoms with E-state index in [-0.39, 0.29) is 24.3 Å². The molecule has 0 aliphatic carbocycles. The Morgan fingerprint density at radius 2 is 2.05 bits per heavy atom. The molecular weight excluding hydrogens is 246 g/mol. The SMILES string of the molecule is Nc1nccc(N2CCCCCC(=O)NC(=O)C2)n1.